The summed E-state index contributed by atoms with van der Waals surface area (Å²) in [5.41, 5.74) is 0.921. The first-order valence-electron chi connectivity index (χ1n) is 8.06. The highest BCUT2D eigenvalue weighted by atomic mass is 32.2. The summed E-state index contributed by atoms with van der Waals surface area (Å²) in [5, 5.41) is 26.4. The molecule has 1 heterocycles. The van der Waals surface area contributed by atoms with Gasteiger partial charge in [0.25, 0.3) is 17.3 Å². The van der Waals surface area contributed by atoms with Crippen LogP contribution in [0.2, 0.25) is 0 Å². The number of rotatable bonds is 5. The minimum Gasteiger partial charge on any atom is -0.267 e. The van der Waals surface area contributed by atoms with Crippen LogP contribution >= 0.6 is 11.8 Å². The average Bonchev–Trinajstić information content (AvgIpc) is 2.96. The number of carbonyl (C=O) groups is 1. The van der Waals surface area contributed by atoms with Gasteiger partial charge in [0.1, 0.15) is 0 Å². The van der Waals surface area contributed by atoms with Gasteiger partial charge in [-0.3, -0.25) is 25.0 Å². The van der Waals surface area contributed by atoms with Crippen LogP contribution in [0.15, 0.2) is 58.3 Å². The largest absolute Gasteiger partial charge is 0.283 e. The molecule has 0 aliphatic carbocycles. The zero-order valence-corrected chi connectivity index (χ0v) is 15.7. The van der Waals surface area contributed by atoms with E-state index in [0.29, 0.717) is 21.2 Å². The lowest BCUT2D eigenvalue weighted by atomic mass is 10.2. The number of nitro groups is 2. The Morgan fingerprint density at radius 3 is 2.43 bits per heavy atom. The summed E-state index contributed by atoms with van der Waals surface area (Å²) in [6, 6.07) is 11.7. The number of non-ortho nitro benzene ring substituents is 1. The third-order valence-corrected chi connectivity index (χ3v) is 5.36. The molecule has 0 amide bonds. The van der Waals surface area contributed by atoms with Crippen LogP contribution in [-0.2, 0) is 0 Å². The van der Waals surface area contributed by atoms with Crippen molar-refractivity contribution in [1.82, 2.24) is 9.78 Å². The van der Waals surface area contributed by atoms with Crippen molar-refractivity contribution < 1.29 is 14.6 Å². The normalized spacial score (nSPS) is 10.6. The average molecular weight is 398 g/mol. The first-order chi connectivity index (χ1) is 13.3. The summed E-state index contributed by atoms with van der Waals surface area (Å²) in [4.78, 5) is 35.0. The predicted molar refractivity (Wildman–Crippen MR) is 102 cm³/mol. The van der Waals surface area contributed by atoms with Crippen LogP contribution in [0.5, 0.6) is 0 Å². The molecule has 0 saturated carbocycles. The van der Waals surface area contributed by atoms with Gasteiger partial charge in [-0.25, -0.2) is 0 Å². The fourth-order valence-corrected chi connectivity index (χ4v) is 3.69. The first-order valence-corrected chi connectivity index (χ1v) is 8.88. The summed E-state index contributed by atoms with van der Waals surface area (Å²) in [6.07, 6.45) is 0. The third kappa shape index (κ3) is 3.62. The van der Waals surface area contributed by atoms with E-state index in [1.165, 1.54) is 30.3 Å². The SMILES string of the molecule is Cc1nn(C(=O)c2cccc([N+](=O)[O-])c2)c(C)c1Sc1ccccc1[N+](=O)[O-]. The Morgan fingerprint density at radius 1 is 1.04 bits per heavy atom. The number of nitrogens with zero attached hydrogens (tertiary/aromatic N) is 4. The lowest BCUT2D eigenvalue weighted by Gasteiger charge is -2.05. The van der Waals surface area contributed by atoms with Crippen molar-refractivity contribution in [3.05, 3.63) is 85.7 Å². The van der Waals surface area contributed by atoms with Crippen molar-refractivity contribution in [3.63, 3.8) is 0 Å². The van der Waals surface area contributed by atoms with Crippen LogP contribution in [0.25, 0.3) is 0 Å². The topological polar surface area (TPSA) is 121 Å². The molecule has 0 aliphatic heterocycles. The van der Waals surface area contributed by atoms with Crippen molar-refractivity contribution in [2.45, 2.75) is 23.6 Å². The second-order valence-electron chi connectivity index (χ2n) is 5.85. The molecule has 10 heteroatoms. The van der Waals surface area contributed by atoms with E-state index in [1.54, 1.807) is 32.0 Å². The smallest absolute Gasteiger partial charge is 0.267 e. The van der Waals surface area contributed by atoms with E-state index in [1.807, 2.05) is 0 Å². The molecule has 0 aliphatic rings. The van der Waals surface area contributed by atoms with E-state index in [4.69, 9.17) is 0 Å². The van der Waals surface area contributed by atoms with Gasteiger partial charge in [0.05, 0.1) is 31.0 Å². The van der Waals surface area contributed by atoms with Crippen LogP contribution in [0.4, 0.5) is 11.4 Å². The lowest BCUT2D eigenvalue weighted by molar-refractivity contribution is -0.387. The molecular weight excluding hydrogens is 384 g/mol. The number of para-hydroxylation sites is 1. The fourth-order valence-electron chi connectivity index (χ4n) is 2.65. The number of aryl methyl sites for hydroxylation is 1. The monoisotopic (exact) mass is 398 g/mol. The lowest BCUT2D eigenvalue weighted by Crippen LogP contribution is -2.15. The van der Waals surface area contributed by atoms with Gasteiger partial charge < -0.3 is 0 Å². The second-order valence-corrected chi connectivity index (χ2v) is 6.90. The molecule has 3 aromatic rings. The van der Waals surface area contributed by atoms with Crippen LogP contribution in [0, 0.1) is 34.1 Å². The molecule has 0 bridgehead atoms. The molecular formula is C18H14N4O5S. The Morgan fingerprint density at radius 2 is 1.75 bits per heavy atom. The highest BCUT2D eigenvalue weighted by Crippen LogP contribution is 2.37. The molecule has 0 radical (unpaired) electrons. The number of hydrogen-bond donors (Lipinski definition) is 0. The summed E-state index contributed by atoms with van der Waals surface area (Å²) < 4.78 is 1.16. The van der Waals surface area contributed by atoms with Gasteiger partial charge in [-0.1, -0.05) is 30.0 Å². The maximum Gasteiger partial charge on any atom is 0.283 e. The minimum atomic E-state index is -0.576. The highest BCUT2D eigenvalue weighted by molar-refractivity contribution is 7.99. The Kier molecular flexibility index (Phi) is 5.23. The molecule has 0 unspecified atom stereocenters. The number of nitro benzene ring substituents is 2. The summed E-state index contributed by atoms with van der Waals surface area (Å²) >= 11 is 1.15. The van der Waals surface area contributed by atoms with Crippen LogP contribution in [0.1, 0.15) is 21.7 Å². The number of benzene rings is 2. The molecule has 0 spiro atoms. The molecule has 1 aromatic heterocycles. The van der Waals surface area contributed by atoms with Crippen molar-refractivity contribution in [2.75, 3.05) is 0 Å². The standard InChI is InChI=1S/C18H14N4O5S/c1-11-17(28-16-9-4-3-8-15(16)22(26)27)12(2)20(19-11)18(23)13-6-5-7-14(10-13)21(24)25/h3-10H,1-2H3. The fraction of sp³-hybridized carbons (Fsp3) is 0.111. The van der Waals surface area contributed by atoms with Gasteiger partial charge in [0.2, 0.25) is 0 Å². The Bertz CT molecular complexity index is 1110. The summed E-state index contributed by atoms with van der Waals surface area (Å²) in [6.45, 7) is 3.37. The molecule has 0 saturated heterocycles. The van der Waals surface area contributed by atoms with Gasteiger partial charge in [-0.2, -0.15) is 9.78 Å². The van der Waals surface area contributed by atoms with Gasteiger partial charge in [-0.15, -0.1) is 0 Å². The van der Waals surface area contributed by atoms with E-state index in [9.17, 15) is 25.0 Å². The molecule has 2 aromatic carbocycles. The van der Waals surface area contributed by atoms with Gasteiger partial charge >= 0.3 is 0 Å². The van der Waals surface area contributed by atoms with E-state index >= 15 is 0 Å². The van der Waals surface area contributed by atoms with Crippen LogP contribution in [0.3, 0.4) is 0 Å². The number of aromatic nitrogens is 2. The second kappa shape index (κ2) is 7.61. The van der Waals surface area contributed by atoms with Crippen molar-refractivity contribution in [3.8, 4) is 0 Å². The maximum atomic E-state index is 12.8. The van der Waals surface area contributed by atoms with E-state index in [-0.39, 0.29) is 16.9 Å². The van der Waals surface area contributed by atoms with Gasteiger partial charge in [0, 0.05) is 23.8 Å². The zero-order chi connectivity index (χ0) is 20.4. The number of carbonyl (C=O) groups excluding carboxylic acids is 1. The van der Waals surface area contributed by atoms with Gasteiger partial charge in [-0.05, 0) is 26.0 Å². The minimum absolute atomic E-state index is 0.0379. The predicted octanol–water partition coefficient (Wildman–Crippen LogP) is 4.16. The van der Waals surface area contributed by atoms with E-state index in [2.05, 4.69) is 5.10 Å². The molecule has 0 N–H and O–H groups in total. The first kappa shape index (κ1) is 19.2. The molecule has 3 rings (SSSR count). The summed E-state index contributed by atoms with van der Waals surface area (Å²) in [7, 11) is 0. The zero-order valence-electron chi connectivity index (χ0n) is 14.9. The van der Waals surface area contributed by atoms with Crippen LogP contribution < -0.4 is 0 Å². The van der Waals surface area contributed by atoms with Crippen molar-refractivity contribution in [2.24, 2.45) is 0 Å². The molecule has 28 heavy (non-hydrogen) atoms. The quantitative estimate of drug-likeness (QED) is 0.467. The van der Waals surface area contributed by atoms with E-state index in [0.717, 1.165) is 16.4 Å². The molecule has 0 fully saturated rings. The third-order valence-electron chi connectivity index (χ3n) is 4.00. The van der Waals surface area contributed by atoms with Crippen molar-refractivity contribution >= 4 is 29.0 Å². The highest BCUT2D eigenvalue weighted by Gasteiger charge is 2.22. The molecule has 0 atom stereocenters. The molecule has 9 nitrogen and oxygen atoms in total. The molecule has 142 valence electrons. The van der Waals surface area contributed by atoms with Crippen LogP contribution in [-0.4, -0.2) is 25.5 Å². The Labute approximate surface area is 163 Å². The Balaban J connectivity index is 1.99. The maximum absolute atomic E-state index is 12.8. The van der Waals surface area contributed by atoms with Crippen molar-refractivity contribution in [1.29, 1.82) is 0 Å². The van der Waals surface area contributed by atoms with E-state index < -0.39 is 15.8 Å². The number of hydrogen-bond acceptors (Lipinski definition) is 7. The summed E-state index contributed by atoms with van der Waals surface area (Å²) in [5.74, 6) is -0.515. The Hall–Kier alpha value is -3.53. The van der Waals surface area contributed by atoms with Gasteiger partial charge in [0.15, 0.2) is 0 Å².